The van der Waals surface area contributed by atoms with Gasteiger partial charge in [-0.1, -0.05) is 158 Å². The van der Waals surface area contributed by atoms with Crippen LogP contribution < -0.4 is 20.3 Å². The largest absolute Gasteiger partial charge is 0.491 e. The Morgan fingerprint density at radius 2 is 1.53 bits per heavy atom. The van der Waals surface area contributed by atoms with E-state index in [2.05, 4.69) is 27.4 Å². The molecule has 0 radical (unpaired) electrons. The van der Waals surface area contributed by atoms with Crippen LogP contribution in [0.15, 0.2) is 158 Å². The first-order valence-corrected chi connectivity index (χ1v) is 25.9. The highest BCUT2D eigenvalue weighted by molar-refractivity contribution is 7.22. The fourth-order valence-corrected chi connectivity index (χ4v) is 12.0. The second kappa shape index (κ2) is 21.9. The van der Waals surface area contributed by atoms with E-state index in [9.17, 15) is 9.90 Å². The highest BCUT2D eigenvalue weighted by atomic mass is 32.1. The smallest absolute Gasteiger partial charge is 0.329 e. The number of urea groups is 1. The van der Waals surface area contributed by atoms with Crippen molar-refractivity contribution in [1.82, 2.24) is 20.1 Å². The van der Waals surface area contributed by atoms with E-state index in [1.54, 1.807) is 56.3 Å². The summed E-state index contributed by atoms with van der Waals surface area (Å²) in [6.45, 7) is 3.98. The number of thiazole rings is 1. The second-order valence-electron chi connectivity index (χ2n) is 19.4. The maximum Gasteiger partial charge on any atom is 0.329 e. The minimum atomic E-state index is -2.20. The predicted octanol–water partition coefficient (Wildman–Crippen LogP) is 8.36. The lowest BCUT2D eigenvalue weighted by Crippen LogP contribution is -2.57. The number of hydrogen-bond donors (Lipinski definition) is 3. The van der Waals surface area contributed by atoms with E-state index in [0.29, 0.717) is 40.9 Å². The van der Waals surface area contributed by atoms with Crippen molar-refractivity contribution in [2.45, 2.75) is 56.1 Å². The van der Waals surface area contributed by atoms with Gasteiger partial charge in [-0.3, -0.25) is 24.2 Å². The number of nitrogens with one attached hydrogen (secondary N) is 2. The molecule has 7 atom stereocenters. The van der Waals surface area contributed by atoms with E-state index in [4.69, 9.17) is 19.2 Å². The maximum atomic E-state index is 16.9. The average Bonchev–Trinajstić information content (AvgIpc) is 4.29. The molecule has 0 bridgehead atoms. The van der Waals surface area contributed by atoms with E-state index < -0.39 is 77.3 Å². The number of carbonyl (C=O) groups excluding carboxylic acids is 5. The summed E-state index contributed by atoms with van der Waals surface area (Å²) in [5.74, 6) is 1.57. The Morgan fingerprint density at radius 1 is 0.855 bits per heavy atom. The van der Waals surface area contributed by atoms with Crippen molar-refractivity contribution in [3.8, 4) is 17.6 Å². The molecule has 4 heterocycles. The molecule has 7 aromatic rings. The van der Waals surface area contributed by atoms with Crippen LogP contribution in [0.2, 0.25) is 0 Å². The zero-order valence-electron chi connectivity index (χ0n) is 42.3. The zero-order chi connectivity index (χ0) is 53.1. The number of fused-ring (bicyclic) bond motifs is 4. The Hall–Kier alpha value is -8.20. The number of benzene rings is 6. The van der Waals surface area contributed by atoms with Crippen LogP contribution in [0.4, 0.5) is 15.6 Å². The molecule has 6 aromatic carbocycles. The monoisotopic (exact) mass is 1040 g/mol. The number of hydrogen-bond acceptors (Lipinski definition) is 13. The van der Waals surface area contributed by atoms with Crippen LogP contribution in [0.3, 0.4) is 0 Å². The van der Waals surface area contributed by atoms with E-state index in [-0.39, 0.29) is 35.3 Å². The summed E-state index contributed by atoms with van der Waals surface area (Å²) in [5.41, 5.74) is 2.04. The molecule has 3 N–H and O–H groups in total. The molecule has 0 aliphatic carbocycles. The van der Waals surface area contributed by atoms with Gasteiger partial charge in [-0.15, -0.1) is 0 Å². The quantitative estimate of drug-likeness (QED) is 0.0701. The molecule has 2 fully saturated rings. The number of cyclic esters (lactones) is 1. The predicted molar refractivity (Wildman–Crippen MR) is 288 cm³/mol. The molecule has 15 nitrogen and oxygen atoms in total. The Kier molecular flexibility index (Phi) is 14.8. The van der Waals surface area contributed by atoms with Crippen molar-refractivity contribution in [3.63, 3.8) is 0 Å². The standard InChI is InChI=1S/C60H56N6O9S/c1-37(2)49(55(69)73-4)62-59(72)65-45-31-30-38(21-18-32-64(3)36-39-19-8-5-9-20-39)35-43(45)60(57(65)71)48(54(68)63-58-61-44-27-15-17-29-47(44)76-58)51-56(70)75-52(41-24-12-7-13-25-41)50(40-22-10-6-11-23-40)66(51)53(60)42-26-14-16-28-46(42)74-34-33-67/h5-17,19-20,22-31,35,37,48-53,67H,32-34,36H2,1-4H3,(H,62,72)(H,61,63,68)/t48-,49-,50-,51-,52+,53+,60-/m0/s1. The number of ether oxygens (including phenoxy) is 3. The number of carbonyl (C=O) groups is 5. The van der Waals surface area contributed by atoms with Gasteiger partial charge in [0.25, 0.3) is 0 Å². The van der Waals surface area contributed by atoms with Crippen LogP contribution in [-0.2, 0) is 40.6 Å². The number of para-hydroxylation sites is 2. The van der Waals surface area contributed by atoms with Crippen LogP contribution in [0, 0.1) is 23.7 Å². The molecule has 4 amide bonds. The van der Waals surface area contributed by atoms with E-state index in [0.717, 1.165) is 15.2 Å². The summed E-state index contributed by atoms with van der Waals surface area (Å²) in [6, 6.07) is 42.3. The highest BCUT2D eigenvalue weighted by Crippen LogP contribution is 2.67. The number of aromatic nitrogens is 1. The van der Waals surface area contributed by atoms with E-state index >= 15 is 19.2 Å². The van der Waals surface area contributed by atoms with E-state index in [1.807, 2.05) is 127 Å². The first kappa shape index (κ1) is 51.3. The maximum absolute atomic E-state index is 16.9. The third kappa shape index (κ3) is 9.47. The number of morpholine rings is 1. The molecule has 2 saturated heterocycles. The summed E-state index contributed by atoms with van der Waals surface area (Å²) < 4.78 is 18.9. The van der Waals surface area contributed by atoms with Crippen molar-refractivity contribution >= 4 is 62.2 Å². The lowest BCUT2D eigenvalue weighted by Gasteiger charge is -2.46. The molecule has 1 aromatic heterocycles. The lowest BCUT2D eigenvalue weighted by atomic mass is 9.65. The Labute approximate surface area is 444 Å². The van der Waals surface area contributed by atoms with Gasteiger partial charge in [0.15, 0.2) is 5.13 Å². The fraction of sp³-hybridized carbons (Fsp3) is 0.267. The Morgan fingerprint density at radius 3 is 2.22 bits per heavy atom. The summed E-state index contributed by atoms with van der Waals surface area (Å²) in [5, 5.41) is 16.3. The van der Waals surface area contributed by atoms with Crippen molar-refractivity contribution in [2.24, 2.45) is 11.8 Å². The molecule has 0 unspecified atom stereocenters. The van der Waals surface area contributed by atoms with Gasteiger partial charge in [-0.05, 0) is 71.6 Å². The second-order valence-corrected chi connectivity index (χ2v) is 20.4. The van der Waals surface area contributed by atoms with Gasteiger partial charge in [0, 0.05) is 17.7 Å². The van der Waals surface area contributed by atoms with E-state index in [1.165, 1.54) is 18.4 Å². The number of methoxy groups -OCH3 is 1. The van der Waals surface area contributed by atoms with Crippen LogP contribution in [-0.4, -0.2) is 95.7 Å². The molecule has 3 aliphatic heterocycles. The van der Waals surface area contributed by atoms with Gasteiger partial charge in [-0.25, -0.2) is 19.5 Å². The first-order valence-electron chi connectivity index (χ1n) is 25.1. The summed E-state index contributed by atoms with van der Waals surface area (Å²) in [7, 11) is 3.18. The first-order chi connectivity index (χ1) is 36.9. The summed E-state index contributed by atoms with van der Waals surface area (Å²) >= 11 is 1.23. The third-order valence-electron chi connectivity index (χ3n) is 14.3. The number of imide groups is 1. The number of anilines is 2. The average molecular weight is 1040 g/mol. The minimum Gasteiger partial charge on any atom is -0.491 e. The van der Waals surface area contributed by atoms with Crippen molar-refractivity contribution in [2.75, 3.05) is 44.1 Å². The van der Waals surface area contributed by atoms with Gasteiger partial charge in [-0.2, -0.15) is 0 Å². The number of aliphatic hydroxyl groups is 1. The number of amides is 4. The number of rotatable bonds is 14. The van der Waals surface area contributed by atoms with Crippen LogP contribution in [0.5, 0.6) is 5.75 Å². The molecular weight excluding hydrogens is 981 g/mol. The number of esters is 2. The van der Waals surface area contributed by atoms with Gasteiger partial charge >= 0.3 is 18.0 Å². The van der Waals surface area contributed by atoms with Crippen LogP contribution in [0.25, 0.3) is 10.2 Å². The Balaban J connectivity index is 1.25. The van der Waals surface area contributed by atoms with Crippen molar-refractivity contribution in [1.29, 1.82) is 0 Å². The Bertz CT molecular complexity index is 3330. The van der Waals surface area contributed by atoms with Gasteiger partial charge in [0.2, 0.25) is 11.8 Å². The minimum absolute atomic E-state index is 0.0993. The lowest BCUT2D eigenvalue weighted by molar-refractivity contribution is -0.178. The molecule has 76 heavy (non-hydrogen) atoms. The summed E-state index contributed by atoms with van der Waals surface area (Å²) in [6.07, 6.45) is -0.990. The molecule has 16 heteroatoms. The van der Waals surface area contributed by atoms with Crippen LogP contribution in [0.1, 0.15) is 65.4 Å². The molecule has 3 aliphatic rings. The number of nitrogens with zero attached hydrogens (tertiary/aromatic N) is 4. The molecule has 386 valence electrons. The SMILES string of the molecule is COC(=O)[C@@H](NC(=O)N1C(=O)[C@@]2(c3cc(C#CCN(C)Cc4ccccc4)ccc31)[C@H](C(=O)Nc1nc3ccccc3s1)[C@H]1C(=O)O[C@H](c3ccccc3)[C@H](c3ccccc3)N1[C@@H]2c1ccccc1OCCO)C(C)C. The highest BCUT2D eigenvalue weighted by Gasteiger charge is 2.76. The topological polar surface area (TPSA) is 180 Å². The summed E-state index contributed by atoms with van der Waals surface area (Å²) in [4.78, 5) is 87.1. The van der Waals surface area contributed by atoms with Gasteiger partial charge in [0.05, 0.1) is 54.2 Å². The van der Waals surface area contributed by atoms with Crippen molar-refractivity contribution < 1.29 is 43.3 Å². The normalized spacial score (nSPS) is 21.1. The molecular formula is C60H56N6O9S. The van der Waals surface area contributed by atoms with Gasteiger partial charge < -0.3 is 30.0 Å². The van der Waals surface area contributed by atoms with Crippen molar-refractivity contribution in [3.05, 3.63) is 191 Å². The molecule has 10 rings (SSSR count). The zero-order valence-corrected chi connectivity index (χ0v) is 43.1. The van der Waals surface area contributed by atoms with Gasteiger partial charge in [0.1, 0.15) is 36.0 Å². The third-order valence-corrected chi connectivity index (χ3v) is 15.3. The molecule has 1 spiro atoms. The molecule has 0 saturated carbocycles. The van der Waals surface area contributed by atoms with Crippen LogP contribution >= 0.6 is 11.3 Å². The number of aliphatic hydroxyl groups excluding tert-OH is 1. The fourth-order valence-electron chi connectivity index (χ4n) is 11.1.